The molecular formula is C15H18N2O3. The van der Waals surface area contributed by atoms with Crippen LogP contribution in [0.2, 0.25) is 0 Å². The van der Waals surface area contributed by atoms with Crippen molar-refractivity contribution in [2.75, 3.05) is 6.54 Å². The van der Waals surface area contributed by atoms with E-state index in [4.69, 9.17) is 5.11 Å². The number of aromatic nitrogens is 1. The van der Waals surface area contributed by atoms with Crippen molar-refractivity contribution in [3.63, 3.8) is 0 Å². The molecule has 1 aromatic rings. The third-order valence-corrected chi connectivity index (χ3v) is 3.56. The molecule has 0 radical (unpaired) electrons. The van der Waals surface area contributed by atoms with Crippen molar-refractivity contribution in [2.24, 2.45) is 0 Å². The van der Waals surface area contributed by atoms with Crippen molar-refractivity contribution in [3.05, 3.63) is 42.2 Å². The maximum absolute atomic E-state index is 12.3. The van der Waals surface area contributed by atoms with Gasteiger partial charge in [-0.05, 0) is 30.9 Å². The van der Waals surface area contributed by atoms with Gasteiger partial charge in [-0.2, -0.15) is 0 Å². The smallest absolute Gasteiger partial charge is 0.331 e. The first-order chi connectivity index (χ1) is 9.59. The first-order valence-electron chi connectivity index (χ1n) is 6.70. The average molecular weight is 274 g/mol. The molecule has 0 aliphatic carbocycles. The summed E-state index contributed by atoms with van der Waals surface area (Å²) in [5.74, 6) is -1.29. The SMILES string of the molecule is C=C(CC(=O)N1CCCC[C@H]1c1cccnc1)C(=O)O. The zero-order valence-corrected chi connectivity index (χ0v) is 11.3. The van der Waals surface area contributed by atoms with Crippen LogP contribution >= 0.6 is 0 Å². The first kappa shape index (κ1) is 14.2. The molecule has 5 heteroatoms. The van der Waals surface area contributed by atoms with Gasteiger partial charge in [0, 0.05) is 24.5 Å². The maximum atomic E-state index is 12.3. The van der Waals surface area contributed by atoms with Crippen LogP contribution < -0.4 is 0 Å². The highest BCUT2D eigenvalue weighted by atomic mass is 16.4. The summed E-state index contributed by atoms with van der Waals surface area (Å²) in [5, 5.41) is 8.83. The summed E-state index contributed by atoms with van der Waals surface area (Å²) in [4.78, 5) is 28.9. The van der Waals surface area contributed by atoms with Crippen molar-refractivity contribution >= 4 is 11.9 Å². The van der Waals surface area contributed by atoms with E-state index in [9.17, 15) is 9.59 Å². The van der Waals surface area contributed by atoms with E-state index < -0.39 is 5.97 Å². The van der Waals surface area contributed by atoms with Gasteiger partial charge in [0.05, 0.1) is 12.5 Å². The van der Waals surface area contributed by atoms with Gasteiger partial charge in [-0.15, -0.1) is 0 Å². The van der Waals surface area contributed by atoms with Gasteiger partial charge in [0.2, 0.25) is 5.91 Å². The van der Waals surface area contributed by atoms with Crippen LogP contribution in [0.5, 0.6) is 0 Å². The lowest BCUT2D eigenvalue weighted by molar-refractivity contribution is -0.138. The molecule has 1 fully saturated rings. The van der Waals surface area contributed by atoms with Crippen LogP contribution in [0.25, 0.3) is 0 Å². The van der Waals surface area contributed by atoms with Crippen molar-refractivity contribution in [1.82, 2.24) is 9.88 Å². The minimum atomic E-state index is -1.12. The molecule has 2 heterocycles. The van der Waals surface area contributed by atoms with Crippen molar-refractivity contribution in [1.29, 1.82) is 0 Å². The number of carboxylic acids is 1. The van der Waals surface area contributed by atoms with Gasteiger partial charge in [-0.1, -0.05) is 12.6 Å². The number of rotatable bonds is 4. The summed E-state index contributed by atoms with van der Waals surface area (Å²) >= 11 is 0. The number of carboxylic acid groups (broad SMARTS) is 1. The number of carbonyl (C=O) groups is 2. The Bertz CT molecular complexity index is 513. The largest absolute Gasteiger partial charge is 0.478 e. The number of aliphatic carboxylic acids is 1. The molecule has 0 saturated carbocycles. The van der Waals surface area contributed by atoms with Gasteiger partial charge in [0.25, 0.3) is 0 Å². The summed E-state index contributed by atoms with van der Waals surface area (Å²) < 4.78 is 0. The molecule has 1 atom stereocenters. The summed E-state index contributed by atoms with van der Waals surface area (Å²) in [7, 11) is 0. The molecule has 1 saturated heterocycles. The zero-order valence-electron chi connectivity index (χ0n) is 11.3. The van der Waals surface area contributed by atoms with Gasteiger partial charge < -0.3 is 10.0 Å². The fraction of sp³-hybridized carbons (Fsp3) is 0.400. The van der Waals surface area contributed by atoms with Crippen LogP contribution in [-0.2, 0) is 9.59 Å². The van der Waals surface area contributed by atoms with E-state index in [-0.39, 0.29) is 23.9 Å². The molecule has 1 aliphatic rings. The number of carbonyl (C=O) groups excluding carboxylic acids is 1. The maximum Gasteiger partial charge on any atom is 0.331 e. The number of hydrogen-bond acceptors (Lipinski definition) is 3. The molecule has 0 bridgehead atoms. The van der Waals surface area contributed by atoms with E-state index in [1.165, 1.54) is 0 Å². The number of pyridine rings is 1. The van der Waals surface area contributed by atoms with Crippen LogP contribution in [0.4, 0.5) is 0 Å². The lowest BCUT2D eigenvalue weighted by atomic mass is 9.95. The highest BCUT2D eigenvalue weighted by molar-refractivity contribution is 5.93. The van der Waals surface area contributed by atoms with Crippen LogP contribution in [0.3, 0.4) is 0 Å². The Labute approximate surface area is 117 Å². The zero-order chi connectivity index (χ0) is 14.5. The van der Waals surface area contributed by atoms with E-state index >= 15 is 0 Å². The minimum absolute atomic E-state index is 0.00783. The monoisotopic (exact) mass is 274 g/mol. The lowest BCUT2D eigenvalue weighted by Crippen LogP contribution is -2.38. The van der Waals surface area contributed by atoms with Gasteiger partial charge in [0.1, 0.15) is 0 Å². The predicted molar refractivity (Wildman–Crippen MR) is 73.9 cm³/mol. The molecule has 0 aromatic carbocycles. The molecule has 106 valence electrons. The second-order valence-corrected chi connectivity index (χ2v) is 4.97. The van der Waals surface area contributed by atoms with Gasteiger partial charge >= 0.3 is 5.97 Å². The molecule has 1 aliphatic heterocycles. The van der Waals surface area contributed by atoms with Gasteiger partial charge in [-0.3, -0.25) is 9.78 Å². The van der Waals surface area contributed by atoms with E-state index in [1.807, 2.05) is 12.1 Å². The van der Waals surface area contributed by atoms with E-state index in [0.29, 0.717) is 6.54 Å². The molecule has 1 amide bonds. The quantitative estimate of drug-likeness (QED) is 0.854. The normalized spacial score (nSPS) is 18.6. The van der Waals surface area contributed by atoms with Crippen molar-refractivity contribution in [2.45, 2.75) is 31.7 Å². The number of likely N-dealkylation sites (tertiary alicyclic amines) is 1. The Hall–Kier alpha value is -2.17. The van der Waals surface area contributed by atoms with Crippen LogP contribution in [0.15, 0.2) is 36.7 Å². The van der Waals surface area contributed by atoms with Crippen molar-refractivity contribution in [3.8, 4) is 0 Å². The Balaban J connectivity index is 2.13. The molecule has 20 heavy (non-hydrogen) atoms. The molecule has 5 nitrogen and oxygen atoms in total. The Morgan fingerprint density at radius 1 is 1.45 bits per heavy atom. The van der Waals surface area contributed by atoms with Gasteiger partial charge in [-0.25, -0.2) is 4.79 Å². The Morgan fingerprint density at radius 3 is 2.90 bits per heavy atom. The molecule has 1 aromatic heterocycles. The van der Waals surface area contributed by atoms with Crippen molar-refractivity contribution < 1.29 is 14.7 Å². The molecule has 0 spiro atoms. The standard InChI is InChI=1S/C15H18N2O3/c1-11(15(19)20)9-14(18)17-8-3-2-6-13(17)12-5-4-7-16-10-12/h4-5,7,10,13H,1-3,6,8-9H2,(H,19,20)/t13-/m0/s1. The highest BCUT2D eigenvalue weighted by Crippen LogP contribution is 2.31. The highest BCUT2D eigenvalue weighted by Gasteiger charge is 2.28. The number of hydrogen-bond donors (Lipinski definition) is 1. The average Bonchev–Trinajstić information content (AvgIpc) is 2.48. The fourth-order valence-corrected chi connectivity index (χ4v) is 2.51. The fourth-order valence-electron chi connectivity index (χ4n) is 2.51. The van der Waals surface area contributed by atoms with E-state index in [0.717, 1.165) is 24.8 Å². The number of amides is 1. The molecule has 1 N–H and O–H groups in total. The second kappa shape index (κ2) is 6.32. The second-order valence-electron chi connectivity index (χ2n) is 4.97. The lowest BCUT2D eigenvalue weighted by Gasteiger charge is -2.36. The minimum Gasteiger partial charge on any atom is -0.478 e. The van der Waals surface area contributed by atoms with Crippen LogP contribution in [0.1, 0.15) is 37.3 Å². The first-order valence-corrected chi connectivity index (χ1v) is 6.70. The molecular weight excluding hydrogens is 256 g/mol. The summed E-state index contributed by atoms with van der Waals surface area (Å²) in [6.07, 6.45) is 6.22. The number of nitrogens with zero attached hydrogens (tertiary/aromatic N) is 2. The predicted octanol–water partition coefficient (Wildman–Crippen LogP) is 2.17. The third-order valence-electron chi connectivity index (χ3n) is 3.56. The van der Waals surface area contributed by atoms with Crippen LogP contribution in [-0.4, -0.2) is 33.4 Å². The molecule has 2 rings (SSSR count). The summed E-state index contributed by atoms with van der Waals surface area (Å²) in [5.41, 5.74) is 0.937. The third kappa shape index (κ3) is 3.23. The summed E-state index contributed by atoms with van der Waals surface area (Å²) in [6, 6.07) is 3.80. The van der Waals surface area contributed by atoms with E-state index in [2.05, 4.69) is 11.6 Å². The number of piperidine rings is 1. The topological polar surface area (TPSA) is 70.5 Å². The molecule has 0 unspecified atom stereocenters. The van der Waals surface area contributed by atoms with Crippen LogP contribution in [0, 0.1) is 0 Å². The Morgan fingerprint density at radius 2 is 2.25 bits per heavy atom. The summed E-state index contributed by atoms with van der Waals surface area (Å²) in [6.45, 7) is 4.09. The Kier molecular flexibility index (Phi) is 4.50. The van der Waals surface area contributed by atoms with E-state index in [1.54, 1.807) is 17.3 Å². The van der Waals surface area contributed by atoms with Gasteiger partial charge in [0.15, 0.2) is 0 Å².